The first kappa shape index (κ1) is 13.9. The Bertz CT molecular complexity index is 349. The molecule has 0 aliphatic heterocycles. The number of hydrogen-bond donors (Lipinski definition) is 1. The summed E-state index contributed by atoms with van der Waals surface area (Å²) in [5.41, 5.74) is 5.80. The number of nitrogens with two attached hydrogens (primary N) is 1. The second kappa shape index (κ2) is 7.19. The van der Waals surface area contributed by atoms with Crippen LogP contribution in [0.15, 0.2) is 12.4 Å². The van der Waals surface area contributed by atoms with Crippen molar-refractivity contribution in [3.05, 3.63) is 18.2 Å². The minimum Gasteiger partial charge on any atom is -0.385 e. The summed E-state index contributed by atoms with van der Waals surface area (Å²) in [5, 5.41) is 0. The predicted molar refractivity (Wildman–Crippen MR) is 65.6 cm³/mol. The Kier molecular flexibility index (Phi) is 5.86. The van der Waals surface area contributed by atoms with Crippen molar-refractivity contribution < 1.29 is 9.53 Å². The van der Waals surface area contributed by atoms with E-state index in [1.165, 1.54) is 0 Å². The van der Waals surface area contributed by atoms with E-state index >= 15 is 0 Å². The molecule has 5 heteroatoms. The first-order valence-electron chi connectivity index (χ1n) is 5.88. The third kappa shape index (κ3) is 4.66. The minimum atomic E-state index is -0.370. The van der Waals surface area contributed by atoms with Crippen LogP contribution in [0, 0.1) is 0 Å². The number of carbonyl (C=O) groups is 1. The van der Waals surface area contributed by atoms with Crippen LogP contribution in [0.25, 0.3) is 0 Å². The van der Waals surface area contributed by atoms with Crippen molar-refractivity contribution in [3.8, 4) is 0 Å². The van der Waals surface area contributed by atoms with Gasteiger partial charge in [0.2, 0.25) is 0 Å². The van der Waals surface area contributed by atoms with Crippen molar-refractivity contribution in [2.75, 3.05) is 13.7 Å². The predicted octanol–water partition coefficient (Wildman–Crippen LogP) is 0.676. The zero-order valence-corrected chi connectivity index (χ0v) is 10.6. The average molecular weight is 239 g/mol. The fourth-order valence-corrected chi connectivity index (χ4v) is 1.67. The second-order valence-corrected chi connectivity index (χ2v) is 4.16. The van der Waals surface area contributed by atoms with E-state index < -0.39 is 0 Å². The molecule has 0 aliphatic rings. The molecule has 1 atom stereocenters. The lowest BCUT2D eigenvalue weighted by Crippen LogP contribution is -2.31. The molecule has 0 fully saturated rings. The standard InChI is InChI=1S/C12H21N3O2/c1-15-8-7-14-12(15)6-5-11(16)10(13)4-3-9-17-2/h7-8,10H,3-6,9,13H2,1-2H3. The Morgan fingerprint density at radius 1 is 1.65 bits per heavy atom. The number of Topliss-reactive ketones (excluding diaryl/α,β-unsaturated/α-hetero) is 1. The number of ether oxygens (including phenoxy) is 1. The molecule has 1 unspecified atom stereocenters. The van der Waals surface area contributed by atoms with Gasteiger partial charge in [0, 0.05) is 46.0 Å². The maximum atomic E-state index is 11.7. The third-order valence-electron chi connectivity index (χ3n) is 2.79. The molecule has 17 heavy (non-hydrogen) atoms. The number of aromatic nitrogens is 2. The van der Waals surface area contributed by atoms with Gasteiger partial charge in [0.1, 0.15) is 11.6 Å². The van der Waals surface area contributed by atoms with E-state index in [1.807, 2.05) is 17.8 Å². The maximum absolute atomic E-state index is 11.7. The molecule has 1 aromatic heterocycles. The molecule has 0 saturated carbocycles. The van der Waals surface area contributed by atoms with Crippen LogP contribution in [0.4, 0.5) is 0 Å². The molecule has 0 aliphatic carbocycles. The van der Waals surface area contributed by atoms with Gasteiger partial charge in [0.25, 0.3) is 0 Å². The van der Waals surface area contributed by atoms with Gasteiger partial charge in [-0.05, 0) is 12.8 Å². The van der Waals surface area contributed by atoms with Gasteiger partial charge in [-0.25, -0.2) is 4.98 Å². The largest absolute Gasteiger partial charge is 0.385 e. The van der Waals surface area contributed by atoms with E-state index in [9.17, 15) is 4.79 Å². The summed E-state index contributed by atoms with van der Waals surface area (Å²) in [6.45, 7) is 0.653. The lowest BCUT2D eigenvalue weighted by Gasteiger charge is -2.09. The van der Waals surface area contributed by atoms with E-state index in [-0.39, 0.29) is 11.8 Å². The first-order chi connectivity index (χ1) is 8.15. The normalized spacial score (nSPS) is 12.6. The molecular formula is C12H21N3O2. The van der Waals surface area contributed by atoms with Crippen LogP contribution < -0.4 is 5.73 Å². The second-order valence-electron chi connectivity index (χ2n) is 4.16. The molecule has 2 N–H and O–H groups in total. The topological polar surface area (TPSA) is 70.1 Å². The number of aryl methyl sites for hydroxylation is 2. The smallest absolute Gasteiger partial charge is 0.149 e. The van der Waals surface area contributed by atoms with Gasteiger partial charge in [0.05, 0.1) is 6.04 Å². The molecule has 0 bridgehead atoms. The fourth-order valence-electron chi connectivity index (χ4n) is 1.67. The highest BCUT2D eigenvalue weighted by molar-refractivity contribution is 5.83. The van der Waals surface area contributed by atoms with Gasteiger partial charge >= 0.3 is 0 Å². The third-order valence-corrected chi connectivity index (χ3v) is 2.79. The van der Waals surface area contributed by atoms with Crippen LogP contribution in [0.3, 0.4) is 0 Å². The maximum Gasteiger partial charge on any atom is 0.149 e. The number of rotatable bonds is 8. The molecule has 96 valence electrons. The highest BCUT2D eigenvalue weighted by atomic mass is 16.5. The molecule has 0 radical (unpaired) electrons. The van der Waals surface area contributed by atoms with E-state index in [0.717, 1.165) is 12.2 Å². The number of hydrogen-bond acceptors (Lipinski definition) is 4. The molecule has 5 nitrogen and oxygen atoms in total. The summed E-state index contributed by atoms with van der Waals surface area (Å²) < 4.78 is 6.85. The van der Waals surface area contributed by atoms with Crippen molar-refractivity contribution in [2.45, 2.75) is 31.7 Å². The van der Waals surface area contributed by atoms with Gasteiger partial charge in [-0.2, -0.15) is 0 Å². The first-order valence-corrected chi connectivity index (χ1v) is 5.88. The highest BCUT2D eigenvalue weighted by Gasteiger charge is 2.13. The van der Waals surface area contributed by atoms with Crippen molar-refractivity contribution in [2.24, 2.45) is 12.8 Å². The molecule has 1 rings (SSSR count). The number of ketones is 1. The summed E-state index contributed by atoms with van der Waals surface area (Å²) >= 11 is 0. The Labute approximate surface area is 102 Å². The molecular weight excluding hydrogens is 218 g/mol. The Balaban J connectivity index is 2.27. The summed E-state index contributed by atoms with van der Waals surface area (Å²) in [6, 6.07) is -0.370. The Hall–Kier alpha value is -1.20. The van der Waals surface area contributed by atoms with Crippen LogP contribution >= 0.6 is 0 Å². The molecule has 0 spiro atoms. The summed E-state index contributed by atoms with van der Waals surface area (Å²) in [5.74, 6) is 1.02. The zero-order chi connectivity index (χ0) is 12.7. The summed E-state index contributed by atoms with van der Waals surface area (Å²) in [4.78, 5) is 15.9. The van der Waals surface area contributed by atoms with Crippen LogP contribution in [0.5, 0.6) is 0 Å². The molecule has 1 aromatic rings. The Morgan fingerprint density at radius 2 is 2.41 bits per heavy atom. The van der Waals surface area contributed by atoms with E-state index in [0.29, 0.717) is 25.9 Å². The Morgan fingerprint density at radius 3 is 3.00 bits per heavy atom. The number of imidazole rings is 1. The van der Waals surface area contributed by atoms with Gasteiger partial charge in [-0.1, -0.05) is 0 Å². The van der Waals surface area contributed by atoms with Crippen molar-refractivity contribution in [1.29, 1.82) is 0 Å². The van der Waals surface area contributed by atoms with Crippen LogP contribution in [-0.2, 0) is 23.0 Å². The zero-order valence-electron chi connectivity index (χ0n) is 10.6. The van der Waals surface area contributed by atoms with Gasteiger partial charge < -0.3 is 15.0 Å². The molecule has 0 amide bonds. The summed E-state index contributed by atoms with van der Waals surface area (Å²) in [7, 11) is 3.57. The fraction of sp³-hybridized carbons (Fsp3) is 0.667. The quantitative estimate of drug-likeness (QED) is 0.677. The average Bonchev–Trinajstić information content (AvgIpc) is 2.72. The SMILES string of the molecule is COCCCC(N)C(=O)CCc1nccn1C. The minimum absolute atomic E-state index is 0.101. The van der Waals surface area contributed by atoms with Crippen molar-refractivity contribution >= 4 is 5.78 Å². The molecule has 0 saturated heterocycles. The monoisotopic (exact) mass is 239 g/mol. The van der Waals surface area contributed by atoms with E-state index in [1.54, 1.807) is 13.3 Å². The number of methoxy groups -OCH3 is 1. The van der Waals surface area contributed by atoms with Gasteiger partial charge in [-0.15, -0.1) is 0 Å². The summed E-state index contributed by atoms with van der Waals surface area (Å²) in [6.07, 6.45) is 6.23. The molecule has 1 heterocycles. The van der Waals surface area contributed by atoms with Crippen molar-refractivity contribution in [1.82, 2.24) is 9.55 Å². The van der Waals surface area contributed by atoms with E-state index in [2.05, 4.69) is 4.98 Å². The van der Waals surface area contributed by atoms with Crippen LogP contribution in [0.1, 0.15) is 25.1 Å². The lowest BCUT2D eigenvalue weighted by molar-refractivity contribution is -0.120. The molecule has 0 aromatic carbocycles. The number of carbonyl (C=O) groups excluding carboxylic acids is 1. The van der Waals surface area contributed by atoms with Crippen LogP contribution in [-0.4, -0.2) is 35.1 Å². The van der Waals surface area contributed by atoms with Gasteiger partial charge in [-0.3, -0.25) is 4.79 Å². The van der Waals surface area contributed by atoms with Crippen LogP contribution in [0.2, 0.25) is 0 Å². The van der Waals surface area contributed by atoms with Crippen molar-refractivity contribution in [3.63, 3.8) is 0 Å². The lowest BCUT2D eigenvalue weighted by atomic mass is 10.0. The van der Waals surface area contributed by atoms with E-state index in [4.69, 9.17) is 10.5 Å². The number of nitrogens with zero attached hydrogens (tertiary/aromatic N) is 2. The highest BCUT2D eigenvalue weighted by Crippen LogP contribution is 2.04. The van der Waals surface area contributed by atoms with Gasteiger partial charge in [0.15, 0.2) is 0 Å².